The number of benzene rings is 1. The fraction of sp³-hybridized carbons (Fsp3) is 0.278. The SMILES string of the molecule is COC(=O)c1cccc2c3c([nH]c12)CCN(C(=O)c1cc(C)on1)C3. The van der Waals surface area contributed by atoms with Gasteiger partial charge in [0.25, 0.3) is 5.91 Å². The Morgan fingerprint density at radius 3 is 2.92 bits per heavy atom. The minimum atomic E-state index is -0.379. The first-order valence-electron chi connectivity index (χ1n) is 8.02. The van der Waals surface area contributed by atoms with Gasteiger partial charge in [0.1, 0.15) is 5.76 Å². The zero-order valence-corrected chi connectivity index (χ0v) is 14.0. The van der Waals surface area contributed by atoms with Gasteiger partial charge < -0.3 is 19.1 Å². The molecule has 0 saturated carbocycles. The van der Waals surface area contributed by atoms with Gasteiger partial charge in [0.2, 0.25) is 0 Å². The van der Waals surface area contributed by atoms with Crippen molar-refractivity contribution >= 4 is 22.8 Å². The van der Waals surface area contributed by atoms with Crippen molar-refractivity contribution < 1.29 is 18.8 Å². The molecule has 0 atom stereocenters. The predicted octanol–water partition coefficient (Wildman–Crippen LogP) is 2.45. The van der Waals surface area contributed by atoms with Crippen LogP contribution in [0.3, 0.4) is 0 Å². The van der Waals surface area contributed by atoms with Crippen molar-refractivity contribution in [3.63, 3.8) is 0 Å². The summed E-state index contributed by atoms with van der Waals surface area (Å²) in [5, 5.41) is 4.75. The Bertz CT molecular complexity index is 986. The molecular formula is C18H17N3O4. The summed E-state index contributed by atoms with van der Waals surface area (Å²) in [4.78, 5) is 29.7. The Hall–Kier alpha value is -3.09. The molecule has 1 aliphatic rings. The number of amides is 1. The zero-order valence-electron chi connectivity index (χ0n) is 14.0. The molecule has 2 aromatic heterocycles. The number of hydrogen-bond acceptors (Lipinski definition) is 5. The van der Waals surface area contributed by atoms with Crippen LogP contribution < -0.4 is 0 Å². The molecule has 0 spiro atoms. The van der Waals surface area contributed by atoms with E-state index in [1.54, 1.807) is 24.0 Å². The molecule has 7 nitrogen and oxygen atoms in total. The number of nitrogens with zero attached hydrogens (tertiary/aromatic N) is 2. The van der Waals surface area contributed by atoms with Crippen LogP contribution in [0.15, 0.2) is 28.8 Å². The van der Waals surface area contributed by atoms with E-state index in [9.17, 15) is 9.59 Å². The second-order valence-corrected chi connectivity index (χ2v) is 6.10. The lowest BCUT2D eigenvalue weighted by Gasteiger charge is -2.26. The van der Waals surface area contributed by atoms with Crippen molar-refractivity contribution in [3.8, 4) is 0 Å². The number of ether oxygens (including phenoxy) is 1. The Balaban J connectivity index is 1.71. The molecule has 4 rings (SSSR count). The van der Waals surface area contributed by atoms with Gasteiger partial charge in [-0.15, -0.1) is 0 Å². The monoisotopic (exact) mass is 339 g/mol. The zero-order chi connectivity index (χ0) is 17.6. The van der Waals surface area contributed by atoms with E-state index in [0.717, 1.165) is 22.2 Å². The van der Waals surface area contributed by atoms with Crippen LogP contribution in [-0.2, 0) is 17.7 Å². The summed E-state index contributed by atoms with van der Waals surface area (Å²) in [6.45, 7) is 2.80. The lowest BCUT2D eigenvalue weighted by Crippen LogP contribution is -2.35. The number of carbonyl (C=O) groups excluding carboxylic acids is 2. The number of aromatic nitrogens is 2. The third kappa shape index (κ3) is 2.48. The van der Waals surface area contributed by atoms with Crippen LogP contribution in [-0.4, -0.2) is 40.6 Å². The van der Waals surface area contributed by atoms with E-state index in [1.807, 2.05) is 12.1 Å². The Kier molecular flexibility index (Phi) is 3.56. The number of aryl methyl sites for hydroxylation is 1. The molecule has 3 heterocycles. The van der Waals surface area contributed by atoms with Crippen LogP contribution in [0.1, 0.15) is 37.9 Å². The molecule has 1 aliphatic heterocycles. The number of methoxy groups -OCH3 is 1. The van der Waals surface area contributed by atoms with Gasteiger partial charge in [-0.1, -0.05) is 17.3 Å². The third-order valence-electron chi connectivity index (χ3n) is 4.55. The van der Waals surface area contributed by atoms with E-state index in [-0.39, 0.29) is 11.9 Å². The van der Waals surface area contributed by atoms with E-state index in [1.165, 1.54) is 7.11 Å². The van der Waals surface area contributed by atoms with Gasteiger partial charge in [0, 0.05) is 42.2 Å². The number of carbonyl (C=O) groups is 2. The molecular weight excluding hydrogens is 322 g/mol. The largest absolute Gasteiger partial charge is 0.465 e. The molecule has 0 aliphatic carbocycles. The van der Waals surface area contributed by atoms with Crippen LogP contribution in [0, 0.1) is 6.92 Å². The van der Waals surface area contributed by atoms with Crippen molar-refractivity contribution in [2.75, 3.05) is 13.7 Å². The second kappa shape index (κ2) is 5.77. The molecule has 1 aromatic carbocycles. The van der Waals surface area contributed by atoms with Gasteiger partial charge in [0.05, 0.1) is 18.2 Å². The molecule has 7 heteroatoms. The Morgan fingerprint density at radius 2 is 2.20 bits per heavy atom. The number of fused-ring (bicyclic) bond motifs is 3. The van der Waals surface area contributed by atoms with E-state index < -0.39 is 0 Å². The molecule has 0 fully saturated rings. The summed E-state index contributed by atoms with van der Waals surface area (Å²) in [5.74, 6) is 0.0760. The lowest BCUT2D eigenvalue weighted by molar-refractivity contribution is 0.0602. The minimum Gasteiger partial charge on any atom is -0.465 e. The van der Waals surface area contributed by atoms with Crippen molar-refractivity contribution in [1.29, 1.82) is 0 Å². The summed E-state index contributed by atoms with van der Waals surface area (Å²) in [5.41, 5.74) is 3.65. The highest BCUT2D eigenvalue weighted by atomic mass is 16.5. The van der Waals surface area contributed by atoms with Crippen LogP contribution >= 0.6 is 0 Å². The standard InChI is InChI=1S/C18H17N3O4/c1-10-8-15(20-25-10)17(22)21-7-6-14-13(9-21)11-4-3-5-12(16(11)19-14)18(23)24-2/h3-5,8,19H,6-7,9H2,1-2H3. The summed E-state index contributed by atoms with van der Waals surface area (Å²) >= 11 is 0. The quantitative estimate of drug-likeness (QED) is 0.725. The van der Waals surface area contributed by atoms with E-state index >= 15 is 0 Å². The van der Waals surface area contributed by atoms with Gasteiger partial charge in [0.15, 0.2) is 5.69 Å². The fourth-order valence-electron chi connectivity index (χ4n) is 3.32. The number of esters is 1. The maximum Gasteiger partial charge on any atom is 0.339 e. The number of para-hydroxylation sites is 1. The smallest absolute Gasteiger partial charge is 0.339 e. The highest BCUT2D eigenvalue weighted by molar-refractivity contribution is 6.04. The number of H-pyrrole nitrogens is 1. The van der Waals surface area contributed by atoms with Gasteiger partial charge in [-0.2, -0.15) is 0 Å². The van der Waals surface area contributed by atoms with Gasteiger partial charge in [-0.3, -0.25) is 4.79 Å². The average molecular weight is 339 g/mol. The highest BCUT2D eigenvalue weighted by Crippen LogP contribution is 2.30. The van der Waals surface area contributed by atoms with Gasteiger partial charge in [-0.25, -0.2) is 4.79 Å². The molecule has 0 unspecified atom stereocenters. The molecule has 25 heavy (non-hydrogen) atoms. The molecule has 0 saturated heterocycles. The van der Waals surface area contributed by atoms with Gasteiger partial charge >= 0.3 is 5.97 Å². The number of aromatic amines is 1. The fourth-order valence-corrected chi connectivity index (χ4v) is 3.32. The summed E-state index contributed by atoms with van der Waals surface area (Å²) in [7, 11) is 1.37. The predicted molar refractivity (Wildman–Crippen MR) is 89.3 cm³/mol. The Morgan fingerprint density at radius 1 is 1.36 bits per heavy atom. The van der Waals surface area contributed by atoms with Crippen LogP contribution in [0.4, 0.5) is 0 Å². The van der Waals surface area contributed by atoms with Crippen LogP contribution in [0.25, 0.3) is 10.9 Å². The first-order valence-corrected chi connectivity index (χ1v) is 8.02. The topological polar surface area (TPSA) is 88.4 Å². The maximum absolute atomic E-state index is 12.6. The molecule has 1 amide bonds. The Labute approximate surface area is 143 Å². The summed E-state index contributed by atoms with van der Waals surface area (Å²) < 4.78 is 9.85. The van der Waals surface area contributed by atoms with E-state index in [4.69, 9.17) is 9.26 Å². The number of nitrogens with one attached hydrogen (secondary N) is 1. The maximum atomic E-state index is 12.6. The number of rotatable bonds is 2. The van der Waals surface area contributed by atoms with Crippen molar-refractivity contribution in [2.24, 2.45) is 0 Å². The molecule has 128 valence electrons. The molecule has 3 aromatic rings. The van der Waals surface area contributed by atoms with Crippen molar-refractivity contribution in [3.05, 3.63) is 52.5 Å². The minimum absolute atomic E-state index is 0.152. The first-order chi connectivity index (χ1) is 12.1. The van der Waals surface area contributed by atoms with Crippen molar-refractivity contribution in [1.82, 2.24) is 15.0 Å². The second-order valence-electron chi connectivity index (χ2n) is 6.10. The van der Waals surface area contributed by atoms with Crippen LogP contribution in [0.5, 0.6) is 0 Å². The molecule has 1 N–H and O–H groups in total. The van der Waals surface area contributed by atoms with Crippen LogP contribution in [0.2, 0.25) is 0 Å². The summed E-state index contributed by atoms with van der Waals surface area (Å²) in [6.07, 6.45) is 0.688. The number of hydrogen-bond donors (Lipinski definition) is 1. The van der Waals surface area contributed by atoms with E-state index in [0.29, 0.717) is 36.5 Å². The lowest BCUT2D eigenvalue weighted by atomic mass is 10.0. The summed E-state index contributed by atoms with van der Waals surface area (Å²) in [6, 6.07) is 7.15. The average Bonchev–Trinajstić information content (AvgIpc) is 3.23. The van der Waals surface area contributed by atoms with Gasteiger partial charge in [-0.05, 0) is 13.0 Å². The molecule has 0 radical (unpaired) electrons. The first kappa shape index (κ1) is 15.4. The van der Waals surface area contributed by atoms with Crippen molar-refractivity contribution in [2.45, 2.75) is 19.9 Å². The molecule has 0 bridgehead atoms. The third-order valence-corrected chi connectivity index (χ3v) is 4.55. The van der Waals surface area contributed by atoms with E-state index in [2.05, 4.69) is 10.1 Å². The normalized spacial score (nSPS) is 13.8. The highest BCUT2D eigenvalue weighted by Gasteiger charge is 2.27.